The summed E-state index contributed by atoms with van der Waals surface area (Å²) in [6.45, 7) is 3.70. The highest BCUT2D eigenvalue weighted by Crippen LogP contribution is 2.69. The summed E-state index contributed by atoms with van der Waals surface area (Å²) in [6, 6.07) is 0. The van der Waals surface area contributed by atoms with Crippen molar-refractivity contribution in [1.29, 1.82) is 0 Å². The fraction of sp³-hybridized carbons (Fsp3) is 0.812. The van der Waals surface area contributed by atoms with Gasteiger partial charge in [0.15, 0.2) is 0 Å². The highest BCUT2D eigenvalue weighted by Gasteiger charge is 2.66. The van der Waals surface area contributed by atoms with Gasteiger partial charge < -0.3 is 9.47 Å². The third kappa shape index (κ3) is 1.42. The first kappa shape index (κ1) is 11.8. The van der Waals surface area contributed by atoms with Crippen molar-refractivity contribution >= 4 is 5.97 Å². The van der Waals surface area contributed by atoms with Gasteiger partial charge >= 0.3 is 5.97 Å². The predicted molar refractivity (Wildman–Crippen MR) is 70.0 cm³/mol. The van der Waals surface area contributed by atoms with E-state index in [1.54, 1.807) is 6.26 Å². The van der Waals surface area contributed by atoms with Crippen LogP contribution in [0.3, 0.4) is 0 Å². The maximum atomic E-state index is 11.9. The van der Waals surface area contributed by atoms with E-state index in [4.69, 9.17) is 9.47 Å². The molecule has 4 bridgehead atoms. The van der Waals surface area contributed by atoms with Gasteiger partial charge in [-0.15, -0.1) is 0 Å². The zero-order chi connectivity index (χ0) is 13.1. The van der Waals surface area contributed by atoms with E-state index in [1.165, 1.54) is 26.4 Å². The standard InChI is InChI=1S/C16H22O3/c1-3-19-13-7-9-6-12(13)15-8-4-10(14(9)15)11(5-8)16(17)18-2/h3,8-15H,1,4-7H2,2H3. The van der Waals surface area contributed by atoms with Crippen LogP contribution in [0.4, 0.5) is 0 Å². The molecule has 4 aliphatic carbocycles. The zero-order valence-electron chi connectivity index (χ0n) is 11.5. The molecular formula is C16H22O3. The number of hydrogen-bond acceptors (Lipinski definition) is 3. The van der Waals surface area contributed by atoms with Gasteiger partial charge in [0.2, 0.25) is 0 Å². The number of hydrogen-bond donors (Lipinski definition) is 0. The van der Waals surface area contributed by atoms with Gasteiger partial charge in [0.25, 0.3) is 0 Å². The molecule has 3 nitrogen and oxygen atoms in total. The van der Waals surface area contributed by atoms with Gasteiger partial charge in [-0.2, -0.15) is 0 Å². The topological polar surface area (TPSA) is 35.5 Å². The van der Waals surface area contributed by atoms with Gasteiger partial charge in [0.1, 0.15) is 6.10 Å². The Hall–Kier alpha value is -0.990. The van der Waals surface area contributed by atoms with Crippen molar-refractivity contribution < 1.29 is 14.3 Å². The number of carbonyl (C=O) groups excluding carboxylic acids is 1. The molecule has 0 radical (unpaired) electrons. The van der Waals surface area contributed by atoms with E-state index in [2.05, 4.69) is 6.58 Å². The molecular weight excluding hydrogens is 240 g/mol. The normalized spacial score (nSPS) is 53.1. The minimum atomic E-state index is 0.0348. The maximum Gasteiger partial charge on any atom is 0.308 e. The molecule has 19 heavy (non-hydrogen) atoms. The number of ether oxygens (including phenoxy) is 2. The van der Waals surface area contributed by atoms with Gasteiger partial charge in [-0.05, 0) is 61.2 Å². The highest BCUT2D eigenvalue weighted by molar-refractivity contribution is 5.73. The lowest BCUT2D eigenvalue weighted by molar-refractivity contribution is -0.149. The Kier molecular flexibility index (Phi) is 2.49. The van der Waals surface area contributed by atoms with Crippen LogP contribution in [0, 0.1) is 41.4 Å². The number of esters is 1. The van der Waals surface area contributed by atoms with Crippen LogP contribution in [-0.4, -0.2) is 19.2 Å². The van der Waals surface area contributed by atoms with Crippen LogP contribution in [0.1, 0.15) is 25.7 Å². The molecule has 0 N–H and O–H groups in total. The van der Waals surface area contributed by atoms with Crippen molar-refractivity contribution in [3.05, 3.63) is 12.8 Å². The van der Waals surface area contributed by atoms with Crippen LogP contribution in [0.15, 0.2) is 12.8 Å². The molecule has 0 aromatic rings. The van der Waals surface area contributed by atoms with Gasteiger partial charge in [-0.1, -0.05) is 6.58 Å². The van der Waals surface area contributed by atoms with Crippen LogP contribution in [-0.2, 0) is 14.3 Å². The monoisotopic (exact) mass is 262 g/mol. The first-order chi connectivity index (χ1) is 9.24. The smallest absolute Gasteiger partial charge is 0.308 e. The summed E-state index contributed by atoms with van der Waals surface area (Å²) >= 11 is 0. The average molecular weight is 262 g/mol. The first-order valence-electron chi connectivity index (χ1n) is 7.58. The van der Waals surface area contributed by atoms with E-state index >= 15 is 0 Å². The summed E-state index contributed by atoms with van der Waals surface area (Å²) in [5, 5.41) is 0. The molecule has 8 unspecified atom stereocenters. The minimum absolute atomic E-state index is 0.0348. The molecule has 8 atom stereocenters. The van der Waals surface area contributed by atoms with Gasteiger partial charge in [-0.3, -0.25) is 4.79 Å². The minimum Gasteiger partial charge on any atom is -0.498 e. The van der Waals surface area contributed by atoms with E-state index < -0.39 is 0 Å². The molecule has 0 saturated heterocycles. The first-order valence-corrected chi connectivity index (χ1v) is 7.58. The Morgan fingerprint density at radius 3 is 2.53 bits per heavy atom. The van der Waals surface area contributed by atoms with Gasteiger partial charge in [0, 0.05) is 0 Å². The lowest BCUT2D eigenvalue weighted by Gasteiger charge is -2.40. The van der Waals surface area contributed by atoms with Crippen molar-refractivity contribution in [2.24, 2.45) is 41.4 Å². The molecule has 0 spiro atoms. The van der Waals surface area contributed by atoms with Crippen molar-refractivity contribution in [3.8, 4) is 0 Å². The van der Waals surface area contributed by atoms with Crippen molar-refractivity contribution in [3.63, 3.8) is 0 Å². The number of carbonyl (C=O) groups is 1. The molecule has 0 heterocycles. The average Bonchev–Trinajstić information content (AvgIpc) is 3.14. The Balaban J connectivity index is 1.56. The Morgan fingerprint density at radius 2 is 1.79 bits per heavy atom. The summed E-state index contributed by atoms with van der Waals surface area (Å²) < 4.78 is 10.7. The van der Waals surface area contributed by atoms with E-state index in [0.717, 1.165) is 36.0 Å². The van der Waals surface area contributed by atoms with E-state index in [1.807, 2.05) is 0 Å². The Morgan fingerprint density at radius 1 is 1.11 bits per heavy atom. The largest absolute Gasteiger partial charge is 0.498 e. The Labute approximate surface area is 114 Å². The summed E-state index contributed by atoms with van der Waals surface area (Å²) in [5.74, 6) is 4.66. The lowest BCUT2D eigenvalue weighted by atomic mass is 9.67. The second kappa shape index (κ2) is 4.00. The third-order valence-corrected chi connectivity index (χ3v) is 6.53. The fourth-order valence-electron chi connectivity index (χ4n) is 6.24. The summed E-state index contributed by atoms with van der Waals surface area (Å²) in [4.78, 5) is 11.9. The number of rotatable bonds is 3. The van der Waals surface area contributed by atoms with E-state index in [-0.39, 0.29) is 11.9 Å². The second-order valence-corrected chi connectivity index (χ2v) is 6.92. The quantitative estimate of drug-likeness (QED) is 0.445. The molecule has 0 aromatic heterocycles. The van der Waals surface area contributed by atoms with Crippen LogP contribution in [0.25, 0.3) is 0 Å². The SMILES string of the molecule is C=COC1CC2CC1C1C3CC(C(=O)OC)C(C3)C21. The highest BCUT2D eigenvalue weighted by atomic mass is 16.5. The Bertz CT molecular complexity index is 418. The van der Waals surface area contributed by atoms with E-state index in [0.29, 0.717) is 12.0 Å². The third-order valence-electron chi connectivity index (χ3n) is 6.53. The van der Waals surface area contributed by atoms with E-state index in [9.17, 15) is 4.79 Å². The van der Waals surface area contributed by atoms with Crippen LogP contribution < -0.4 is 0 Å². The summed E-state index contributed by atoms with van der Waals surface area (Å²) in [5.41, 5.74) is 0. The lowest BCUT2D eigenvalue weighted by Crippen LogP contribution is -2.40. The molecule has 4 saturated carbocycles. The molecule has 104 valence electrons. The molecule has 4 fully saturated rings. The van der Waals surface area contributed by atoms with Gasteiger partial charge in [0.05, 0.1) is 19.3 Å². The molecule has 0 aromatic carbocycles. The van der Waals surface area contributed by atoms with Gasteiger partial charge in [-0.25, -0.2) is 0 Å². The number of fused-ring (bicyclic) bond motifs is 9. The number of methoxy groups -OCH3 is 1. The van der Waals surface area contributed by atoms with Crippen molar-refractivity contribution in [2.75, 3.05) is 7.11 Å². The fourth-order valence-corrected chi connectivity index (χ4v) is 6.24. The molecule has 4 aliphatic rings. The maximum absolute atomic E-state index is 11.9. The van der Waals surface area contributed by atoms with Crippen LogP contribution in [0.2, 0.25) is 0 Å². The van der Waals surface area contributed by atoms with Crippen molar-refractivity contribution in [1.82, 2.24) is 0 Å². The molecule has 3 heteroatoms. The molecule has 4 rings (SSSR count). The zero-order valence-corrected chi connectivity index (χ0v) is 11.5. The van der Waals surface area contributed by atoms with Crippen molar-refractivity contribution in [2.45, 2.75) is 31.8 Å². The molecule has 0 aliphatic heterocycles. The van der Waals surface area contributed by atoms with Crippen LogP contribution >= 0.6 is 0 Å². The molecule has 0 amide bonds. The summed E-state index contributed by atoms with van der Waals surface area (Å²) in [7, 11) is 1.53. The second-order valence-electron chi connectivity index (χ2n) is 6.92. The van der Waals surface area contributed by atoms with Crippen LogP contribution in [0.5, 0.6) is 0 Å². The predicted octanol–water partition coefficient (Wildman–Crippen LogP) is 2.62. The summed E-state index contributed by atoms with van der Waals surface area (Å²) in [6.07, 6.45) is 6.82.